The number of aryl methyl sites for hydroxylation is 1. The molecular weight excluding hydrogens is 447 g/mol. The van der Waals surface area contributed by atoms with E-state index in [1.54, 1.807) is 12.1 Å². The summed E-state index contributed by atoms with van der Waals surface area (Å²) in [6, 6.07) is 17.2. The molecule has 5 rings (SSSR count). The van der Waals surface area contributed by atoms with E-state index in [1.165, 1.54) is 42.4 Å². The van der Waals surface area contributed by atoms with E-state index in [9.17, 15) is 4.39 Å². The number of likely N-dealkylation sites (tertiary alicyclic amines) is 1. The van der Waals surface area contributed by atoms with Crippen LogP contribution in [0.5, 0.6) is 0 Å². The van der Waals surface area contributed by atoms with Crippen molar-refractivity contribution in [3.63, 3.8) is 0 Å². The normalized spacial score (nSPS) is 25.6. The average Bonchev–Trinajstić information content (AvgIpc) is 2.88. The first-order chi connectivity index (χ1) is 17.4. The molecule has 4 nitrogen and oxygen atoms in total. The summed E-state index contributed by atoms with van der Waals surface area (Å²) in [5.74, 6) is 0.451. The minimum Gasteiger partial charge on any atom is -0.317 e. The third-order valence-corrected chi connectivity index (χ3v) is 9.28. The summed E-state index contributed by atoms with van der Waals surface area (Å²) in [6.45, 7) is 15.8. The Balaban J connectivity index is 1.28. The Bertz CT molecular complexity index is 978. The Morgan fingerprint density at radius 1 is 1.00 bits per heavy atom. The van der Waals surface area contributed by atoms with E-state index < -0.39 is 0 Å². The summed E-state index contributed by atoms with van der Waals surface area (Å²) in [4.78, 5) is 8.07. The lowest BCUT2D eigenvalue weighted by molar-refractivity contribution is -0.0360. The van der Waals surface area contributed by atoms with E-state index in [0.717, 1.165) is 52.4 Å². The van der Waals surface area contributed by atoms with Gasteiger partial charge in [0.05, 0.1) is 0 Å². The predicted molar refractivity (Wildman–Crippen MR) is 147 cm³/mol. The second-order valence-corrected chi connectivity index (χ2v) is 11.9. The minimum absolute atomic E-state index is 0.109. The van der Waals surface area contributed by atoms with Gasteiger partial charge < -0.3 is 5.32 Å². The van der Waals surface area contributed by atoms with Gasteiger partial charge in [-0.05, 0) is 102 Å². The summed E-state index contributed by atoms with van der Waals surface area (Å²) in [5, 5.41) is 3.53. The van der Waals surface area contributed by atoms with Gasteiger partial charge in [0, 0.05) is 43.8 Å². The summed E-state index contributed by atoms with van der Waals surface area (Å²) >= 11 is 0. The van der Waals surface area contributed by atoms with Crippen molar-refractivity contribution < 1.29 is 4.39 Å². The number of piperazine rings is 1. The summed E-state index contributed by atoms with van der Waals surface area (Å²) in [5.41, 5.74) is 4.19. The number of nitrogens with one attached hydrogen (secondary N) is 1. The maximum Gasteiger partial charge on any atom is 0.123 e. The molecule has 0 amide bonds. The highest BCUT2D eigenvalue weighted by Crippen LogP contribution is 2.39. The molecule has 3 saturated heterocycles. The van der Waals surface area contributed by atoms with Crippen LogP contribution in [-0.2, 0) is 6.54 Å². The maximum atomic E-state index is 14.4. The third kappa shape index (κ3) is 5.85. The van der Waals surface area contributed by atoms with E-state index in [2.05, 4.69) is 71.1 Å². The predicted octanol–water partition coefficient (Wildman–Crippen LogP) is 5.24. The van der Waals surface area contributed by atoms with Gasteiger partial charge >= 0.3 is 0 Å². The molecule has 36 heavy (non-hydrogen) atoms. The van der Waals surface area contributed by atoms with Crippen LogP contribution >= 0.6 is 0 Å². The maximum absolute atomic E-state index is 14.4. The number of hydrogen-bond acceptors (Lipinski definition) is 4. The number of benzene rings is 2. The first-order valence-corrected chi connectivity index (χ1v) is 14.2. The monoisotopic (exact) mass is 492 g/mol. The van der Waals surface area contributed by atoms with Crippen LogP contribution in [0.1, 0.15) is 62.3 Å². The quantitative estimate of drug-likeness (QED) is 0.596. The first kappa shape index (κ1) is 25.8. The molecule has 0 spiro atoms. The zero-order chi connectivity index (χ0) is 25.1. The SMILES string of the molecule is Cc1ccc(CN2CCC([C@H](c3cccc(F)c3)N3CCN(C4(C)CCNCC4)C[C@@H]3C)CC2)cc1. The van der Waals surface area contributed by atoms with E-state index >= 15 is 0 Å². The molecular formula is C31H45FN4. The standard InChI is InChI=1S/C31H45FN4/c1-24-7-9-26(10-8-24)23-34-17-11-27(12-18-34)30(28-5-4-6-29(32)21-28)36-20-19-35(22-25(36)2)31(3)13-15-33-16-14-31/h4-10,21,25,27,30,33H,11-20,22-23H2,1-3H3/t25-,30+/m0/s1. The van der Waals surface area contributed by atoms with Crippen molar-refractivity contribution in [3.8, 4) is 0 Å². The summed E-state index contributed by atoms with van der Waals surface area (Å²) in [7, 11) is 0. The Kier molecular flexibility index (Phi) is 8.11. The van der Waals surface area contributed by atoms with Crippen molar-refractivity contribution in [1.29, 1.82) is 0 Å². The highest BCUT2D eigenvalue weighted by Gasteiger charge is 2.41. The lowest BCUT2D eigenvalue weighted by Gasteiger charge is -2.53. The van der Waals surface area contributed by atoms with Gasteiger partial charge in [0.1, 0.15) is 5.82 Å². The third-order valence-electron chi connectivity index (χ3n) is 9.28. The summed E-state index contributed by atoms with van der Waals surface area (Å²) in [6.07, 6.45) is 4.80. The number of hydrogen-bond donors (Lipinski definition) is 1. The van der Waals surface area contributed by atoms with Gasteiger partial charge in [-0.25, -0.2) is 4.39 Å². The van der Waals surface area contributed by atoms with Crippen LogP contribution in [0, 0.1) is 18.7 Å². The minimum atomic E-state index is -0.109. The van der Waals surface area contributed by atoms with Crippen molar-refractivity contribution in [2.45, 2.75) is 70.6 Å². The van der Waals surface area contributed by atoms with Crippen molar-refractivity contribution in [2.75, 3.05) is 45.8 Å². The zero-order valence-corrected chi connectivity index (χ0v) is 22.6. The van der Waals surface area contributed by atoms with Gasteiger partial charge in [-0.3, -0.25) is 14.7 Å². The number of piperidine rings is 2. The van der Waals surface area contributed by atoms with Gasteiger partial charge in [0.2, 0.25) is 0 Å². The van der Waals surface area contributed by atoms with E-state index in [1.807, 2.05) is 6.07 Å². The summed E-state index contributed by atoms with van der Waals surface area (Å²) < 4.78 is 14.4. The van der Waals surface area contributed by atoms with Crippen LogP contribution in [0.15, 0.2) is 48.5 Å². The molecule has 0 saturated carbocycles. The van der Waals surface area contributed by atoms with Gasteiger partial charge in [-0.15, -0.1) is 0 Å². The van der Waals surface area contributed by atoms with Crippen LogP contribution in [0.3, 0.4) is 0 Å². The molecule has 5 heteroatoms. The molecule has 0 bridgehead atoms. The molecule has 3 aliphatic heterocycles. The van der Waals surface area contributed by atoms with E-state index in [4.69, 9.17) is 0 Å². The Hall–Kier alpha value is -1.79. The highest BCUT2D eigenvalue weighted by atomic mass is 19.1. The molecule has 2 aromatic rings. The fourth-order valence-electron chi connectivity index (χ4n) is 6.96. The molecule has 0 aromatic heterocycles. The molecule has 2 aromatic carbocycles. The average molecular weight is 493 g/mol. The molecule has 0 aliphatic carbocycles. The molecule has 0 unspecified atom stereocenters. The molecule has 1 N–H and O–H groups in total. The van der Waals surface area contributed by atoms with Gasteiger partial charge in [0.25, 0.3) is 0 Å². The molecule has 3 fully saturated rings. The van der Waals surface area contributed by atoms with Crippen LogP contribution in [0.25, 0.3) is 0 Å². The molecule has 2 atom stereocenters. The number of rotatable bonds is 6. The second-order valence-electron chi connectivity index (χ2n) is 11.9. The van der Waals surface area contributed by atoms with E-state index in [-0.39, 0.29) is 5.82 Å². The largest absolute Gasteiger partial charge is 0.317 e. The topological polar surface area (TPSA) is 21.8 Å². The van der Waals surface area contributed by atoms with Crippen LogP contribution < -0.4 is 5.32 Å². The lowest BCUT2D eigenvalue weighted by atomic mass is 9.82. The number of halogens is 1. The van der Waals surface area contributed by atoms with Crippen LogP contribution in [-0.4, -0.2) is 72.1 Å². The molecule has 196 valence electrons. The molecule has 3 aliphatic rings. The highest BCUT2D eigenvalue weighted by molar-refractivity contribution is 5.23. The van der Waals surface area contributed by atoms with Crippen LogP contribution in [0.2, 0.25) is 0 Å². The van der Waals surface area contributed by atoms with Crippen LogP contribution in [0.4, 0.5) is 4.39 Å². The Morgan fingerprint density at radius 2 is 1.72 bits per heavy atom. The smallest absolute Gasteiger partial charge is 0.123 e. The van der Waals surface area contributed by atoms with E-state index in [0.29, 0.717) is 23.5 Å². The van der Waals surface area contributed by atoms with Gasteiger partial charge in [0.15, 0.2) is 0 Å². The Morgan fingerprint density at radius 3 is 2.39 bits per heavy atom. The van der Waals surface area contributed by atoms with Gasteiger partial charge in [-0.1, -0.05) is 42.0 Å². The number of nitrogens with zero attached hydrogens (tertiary/aromatic N) is 3. The molecule has 3 heterocycles. The first-order valence-electron chi connectivity index (χ1n) is 14.2. The fourth-order valence-corrected chi connectivity index (χ4v) is 6.96. The Labute approximate surface area is 217 Å². The van der Waals surface area contributed by atoms with Crippen molar-refractivity contribution in [3.05, 3.63) is 71.0 Å². The van der Waals surface area contributed by atoms with Crippen molar-refractivity contribution in [2.24, 2.45) is 5.92 Å². The van der Waals surface area contributed by atoms with Crippen molar-refractivity contribution in [1.82, 2.24) is 20.0 Å². The van der Waals surface area contributed by atoms with Crippen molar-refractivity contribution >= 4 is 0 Å². The molecule has 0 radical (unpaired) electrons. The zero-order valence-electron chi connectivity index (χ0n) is 22.6. The lowest BCUT2D eigenvalue weighted by Crippen LogP contribution is -2.62. The van der Waals surface area contributed by atoms with Gasteiger partial charge in [-0.2, -0.15) is 0 Å². The fraction of sp³-hybridized carbons (Fsp3) is 0.613. The second kappa shape index (κ2) is 11.3.